The van der Waals surface area contributed by atoms with E-state index in [1.807, 2.05) is 29.7 Å². The molecule has 126 valence electrons. The third-order valence-electron chi connectivity index (χ3n) is 4.29. The second-order valence-electron chi connectivity index (χ2n) is 5.79. The van der Waals surface area contributed by atoms with Gasteiger partial charge in [0.15, 0.2) is 0 Å². The molecule has 0 unspecified atom stereocenters. The average molecular weight is 363 g/mol. The Labute approximate surface area is 143 Å². The summed E-state index contributed by atoms with van der Waals surface area (Å²) in [4.78, 5) is 0. The van der Waals surface area contributed by atoms with Crippen molar-refractivity contribution >= 4 is 31.4 Å². The quantitative estimate of drug-likeness (QED) is 0.760. The Balaban J connectivity index is 1.71. The van der Waals surface area contributed by atoms with Crippen LogP contribution in [0.3, 0.4) is 0 Å². The molecule has 2 N–H and O–H groups in total. The first-order valence-corrected chi connectivity index (χ1v) is 9.86. The van der Waals surface area contributed by atoms with Crippen LogP contribution in [0.2, 0.25) is 0 Å². The summed E-state index contributed by atoms with van der Waals surface area (Å²) in [5.41, 5.74) is 6.72. The van der Waals surface area contributed by atoms with Crippen molar-refractivity contribution in [2.45, 2.75) is 30.8 Å². The smallest absolute Gasteiger partial charge is 0.253 e. The van der Waals surface area contributed by atoms with Crippen LogP contribution in [-0.2, 0) is 29.7 Å². The SMILES string of the molecule is Cc1cccc2cc(S(=O)(=O)N3CCn4c(CN)nnc4C3)sc12. The van der Waals surface area contributed by atoms with Gasteiger partial charge in [-0.25, -0.2) is 8.42 Å². The monoisotopic (exact) mass is 363 g/mol. The standard InChI is InChI=1S/C15H17N5O2S2/c1-10-3-2-4-11-7-14(23-15(10)11)24(21,22)19-5-6-20-12(8-16)17-18-13(20)9-19/h2-4,7H,5-6,8-9,16H2,1H3. The Morgan fingerprint density at radius 2 is 2.12 bits per heavy atom. The molecule has 7 nitrogen and oxygen atoms in total. The molecule has 0 amide bonds. The van der Waals surface area contributed by atoms with Gasteiger partial charge in [-0.15, -0.1) is 21.5 Å². The van der Waals surface area contributed by atoms with Gasteiger partial charge in [0, 0.05) is 17.8 Å². The van der Waals surface area contributed by atoms with E-state index in [0.717, 1.165) is 15.6 Å². The largest absolute Gasteiger partial charge is 0.324 e. The van der Waals surface area contributed by atoms with Crippen LogP contribution < -0.4 is 5.73 Å². The van der Waals surface area contributed by atoms with Crippen molar-refractivity contribution in [3.63, 3.8) is 0 Å². The molecule has 1 aliphatic heterocycles. The number of nitrogens with two attached hydrogens (primary N) is 1. The molecule has 0 saturated heterocycles. The lowest BCUT2D eigenvalue weighted by Crippen LogP contribution is -2.38. The maximum Gasteiger partial charge on any atom is 0.253 e. The van der Waals surface area contributed by atoms with Crippen molar-refractivity contribution in [3.05, 3.63) is 41.5 Å². The van der Waals surface area contributed by atoms with Crippen molar-refractivity contribution < 1.29 is 8.42 Å². The molecule has 24 heavy (non-hydrogen) atoms. The summed E-state index contributed by atoms with van der Waals surface area (Å²) in [6.45, 7) is 3.44. The fraction of sp³-hybridized carbons (Fsp3) is 0.333. The van der Waals surface area contributed by atoms with Gasteiger partial charge in [0.2, 0.25) is 0 Å². The minimum Gasteiger partial charge on any atom is -0.324 e. The molecular formula is C15H17N5O2S2. The molecule has 0 aliphatic carbocycles. The van der Waals surface area contributed by atoms with Gasteiger partial charge in [-0.2, -0.15) is 4.31 Å². The molecule has 1 aromatic carbocycles. The Bertz CT molecular complexity index is 1020. The molecule has 3 aromatic rings. The van der Waals surface area contributed by atoms with Crippen molar-refractivity contribution in [2.75, 3.05) is 6.54 Å². The third kappa shape index (κ3) is 2.35. The molecule has 4 rings (SSSR count). The first kappa shape index (κ1) is 15.7. The van der Waals surface area contributed by atoms with Crippen LogP contribution in [0.25, 0.3) is 10.1 Å². The molecule has 0 spiro atoms. The van der Waals surface area contributed by atoms with Crippen molar-refractivity contribution in [2.24, 2.45) is 5.73 Å². The van der Waals surface area contributed by atoms with Crippen molar-refractivity contribution in [3.8, 4) is 0 Å². The van der Waals surface area contributed by atoms with E-state index in [9.17, 15) is 8.42 Å². The third-order valence-corrected chi connectivity index (χ3v) is 7.87. The maximum absolute atomic E-state index is 13.0. The zero-order chi connectivity index (χ0) is 16.9. The van der Waals surface area contributed by atoms with Gasteiger partial charge in [0.25, 0.3) is 10.0 Å². The van der Waals surface area contributed by atoms with E-state index in [-0.39, 0.29) is 6.54 Å². The topological polar surface area (TPSA) is 94.1 Å². The van der Waals surface area contributed by atoms with Crippen LogP contribution in [0.15, 0.2) is 28.5 Å². The number of benzene rings is 1. The van der Waals surface area contributed by atoms with Crippen LogP contribution in [-0.4, -0.2) is 34.0 Å². The number of sulfonamides is 1. The predicted molar refractivity (Wildman–Crippen MR) is 92.1 cm³/mol. The van der Waals surface area contributed by atoms with Gasteiger partial charge < -0.3 is 10.3 Å². The zero-order valence-electron chi connectivity index (χ0n) is 13.1. The molecule has 3 heterocycles. The molecular weight excluding hydrogens is 346 g/mol. The van der Waals surface area contributed by atoms with E-state index in [1.54, 1.807) is 6.07 Å². The van der Waals surface area contributed by atoms with E-state index in [0.29, 0.717) is 35.5 Å². The van der Waals surface area contributed by atoms with Gasteiger partial charge in [-0.05, 0) is 23.9 Å². The summed E-state index contributed by atoms with van der Waals surface area (Å²) < 4.78 is 30.8. The van der Waals surface area contributed by atoms with Gasteiger partial charge in [0.1, 0.15) is 15.9 Å². The number of hydrogen-bond acceptors (Lipinski definition) is 6. The number of hydrogen-bond donors (Lipinski definition) is 1. The highest BCUT2D eigenvalue weighted by atomic mass is 32.2. The van der Waals surface area contributed by atoms with Crippen LogP contribution in [0.1, 0.15) is 17.2 Å². The minimum absolute atomic E-state index is 0.225. The van der Waals surface area contributed by atoms with E-state index in [4.69, 9.17) is 5.73 Å². The van der Waals surface area contributed by atoms with E-state index < -0.39 is 10.0 Å². The number of fused-ring (bicyclic) bond motifs is 2. The number of rotatable bonds is 3. The van der Waals surface area contributed by atoms with Crippen molar-refractivity contribution in [1.82, 2.24) is 19.1 Å². The van der Waals surface area contributed by atoms with Gasteiger partial charge in [-0.1, -0.05) is 18.2 Å². The Morgan fingerprint density at radius 3 is 2.88 bits per heavy atom. The molecule has 0 fully saturated rings. The fourth-order valence-electron chi connectivity index (χ4n) is 2.99. The van der Waals surface area contributed by atoms with Gasteiger partial charge in [-0.3, -0.25) is 0 Å². The molecule has 1 aliphatic rings. The van der Waals surface area contributed by atoms with Crippen LogP contribution >= 0.6 is 11.3 Å². The molecule has 0 saturated carbocycles. The highest BCUT2D eigenvalue weighted by Gasteiger charge is 2.31. The lowest BCUT2D eigenvalue weighted by molar-refractivity contribution is 0.332. The molecule has 2 aromatic heterocycles. The van der Waals surface area contributed by atoms with E-state index >= 15 is 0 Å². The summed E-state index contributed by atoms with van der Waals surface area (Å²) in [5, 5.41) is 9.06. The summed E-state index contributed by atoms with van der Waals surface area (Å²) in [6, 6.07) is 7.64. The first-order chi connectivity index (χ1) is 11.5. The molecule has 0 radical (unpaired) electrons. The first-order valence-electron chi connectivity index (χ1n) is 7.61. The average Bonchev–Trinajstić information content (AvgIpc) is 3.19. The normalized spacial score (nSPS) is 15.8. The molecule has 0 atom stereocenters. The summed E-state index contributed by atoms with van der Waals surface area (Å²) >= 11 is 1.32. The Morgan fingerprint density at radius 1 is 1.29 bits per heavy atom. The highest BCUT2D eigenvalue weighted by molar-refractivity contribution is 7.91. The number of thiophene rings is 1. The van der Waals surface area contributed by atoms with Gasteiger partial charge in [0.05, 0.1) is 13.1 Å². The second kappa shape index (κ2) is 5.62. The maximum atomic E-state index is 13.0. The summed E-state index contributed by atoms with van der Waals surface area (Å²) in [5.74, 6) is 1.34. The lowest BCUT2D eigenvalue weighted by Gasteiger charge is -2.26. The highest BCUT2D eigenvalue weighted by Crippen LogP contribution is 2.33. The summed E-state index contributed by atoms with van der Waals surface area (Å²) in [7, 11) is -3.54. The van der Waals surface area contributed by atoms with Crippen LogP contribution in [0.4, 0.5) is 0 Å². The van der Waals surface area contributed by atoms with E-state index in [1.165, 1.54) is 15.6 Å². The fourth-order valence-corrected chi connectivity index (χ4v) is 5.98. The zero-order valence-corrected chi connectivity index (χ0v) is 14.8. The number of aromatic nitrogens is 3. The molecule has 0 bridgehead atoms. The van der Waals surface area contributed by atoms with Crippen LogP contribution in [0.5, 0.6) is 0 Å². The summed E-state index contributed by atoms with van der Waals surface area (Å²) in [6.07, 6.45) is 0. The number of aryl methyl sites for hydroxylation is 1. The Kier molecular flexibility index (Phi) is 3.68. The van der Waals surface area contributed by atoms with Crippen LogP contribution in [0, 0.1) is 6.92 Å². The second-order valence-corrected chi connectivity index (χ2v) is 9.00. The van der Waals surface area contributed by atoms with Gasteiger partial charge >= 0.3 is 0 Å². The predicted octanol–water partition coefficient (Wildman–Crippen LogP) is 1.46. The number of nitrogens with zero attached hydrogens (tertiary/aromatic N) is 4. The van der Waals surface area contributed by atoms with Crippen molar-refractivity contribution in [1.29, 1.82) is 0 Å². The van der Waals surface area contributed by atoms with E-state index in [2.05, 4.69) is 10.2 Å². The minimum atomic E-state index is -3.54. The molecule has 9 heteroatoms. The lowest BCUT2D eigenvalue weighted by atomic mass is 10.2. The Hall–Kier alpha value is -1.81.